The van der Waals surface area contributed by atoms with Gasteiger partial charge in [-0.25, -0.2) is 4.39 Å². The van der Waals surface area contributed by atoms with E-state index in [2.05, 4.69) is 4.90 Å². The number of anilines is 1. The van der Waals surface area contributed by atoms with E-state index in [4.69, 9.17) is 9.47 Å². The minimum absolute atomic E-state index is 0.00109. The highest BCUT2D eigenvalue weighted by Gasteiger charge is 2.22. The molecular weight excluding hydrogens is 293 g/mol. The number of benzene rings is 1. The molecule has 122 valence electrons. The van der Waals surface area contributed by atoms with Gasteiger partial charge in [0.25, 0.3) is 5.69 Å². The number of hydrogen-bond acceptors (Lipinski definition) is 6. The number of ether oxygens (including phenoxy) is 2. The minimum Gasteiger partial charge on any atom is -0.494 e. The third kappa shape index (κ3) is 3.83. The molecule has 1 heterocycles. The average molecular weight is 313 g/mol. The molecule has 22 heavy (non-hydrogen) atoms. The Morgan fingerprint density at radius 1 is 1.45 bits per heavy atom. The predicted octanol–water partition coefficient (Wildman–Crippen LogP) is 1.51. The summed E-state index contributed by atoms with van der Waals surface area (Å²) in [5.74, 6) is -0.738. The summed E-state index contributed by atoms with van der Waals surface area (Å²) in [4.78, 5) is 14.5. The van der Waals surface area contributed by atoms with Gasteiger partial charge < -0.3 is 14.4 Å². The minimum atomic E-state index is -0.737. The smallest absolute Gasteiger partial charge is 0.295 e. The zero-order valence-corrected chi connectivity index (χ0v) is 12.7. The second kappa shape index (κ2) is 7.37. The van der Waals surface area contributed by atoms with Gasteiger partial charge in [0.05, 0.1) is 31.3 Å². The third-order valence-electron chi connectivity index (χ3n) is 3.71. The maximum absolute atomic E-state index is 13.7. The summed E-state index contributed by atoms with van der Waals surface area (Å²) in [6.45, 7) is 4.46. The van der Waals surface area contributed by atoms with Gasteiger partial charge in [0.15, 0.2) is 11.6 Å². The first-order valence-corrected chi connectivity index (χ1v) is 7.06. The number of halogens is 1. The van der Waals surface area contributed by atoms with E-state index in [-0.39, 0.29) is 11.4 Å². The maximum Gasteiger partial charge on any atom is 0.295 e. The Hall–Kier alpha value is -1.93. The molecule has 0 atom stereocenters. The van der Waals surface area contributed by atoms with Crippen LogP contribution in [0.1, 0.15) is 0 Å². The molecule has 1 aromatic carbocycles. The van der Waals surface area contributed by atoms with Crippen LogP contribution in [0.3, 0.4) is 0 Å². The lowest BCUT2D eigenvalue weighted by molar-refractivity contribution is -0.384. The van der Waals surface area contributed by atoms with E-state index in [9.17, 15) is 14.5 Å². The molecule has 8 heteroatoms. The monoisotopic (exact) mass is 313 g/mol. The Labute approximate surface area is 128 Å². The molecule has 1 fully saturated rings. The predicted molar refractivity (Wildman–Crippen MR) is 80.1 cm³/mol. The molecule has 0 N–H and O–H groups in total. The van der Waals surface area contributed by atoms with Crippen LogP contribution < -0.4 is 9.64 Å². The van der Waals surface area contributed by atoms with Crippen LogP contribution >= 0.6 is 0 Å². The second-order valence-electron chi connectivity index (χ2n) is 5.11. The number of morpholine rings is 1. The summed E-state index contributed by atoms with van der Waals surface area (Å²) >= 11 is 0. The fourth-order valence-corrected chi connectivity index (χ4v) is 2.38. The van der Waals surface area contributed by atoms with E-state index < -0.39 is 10.7 Å². The Morgan fingerprint density at radius 2 is 2.14 bits per heavy atom. The first kappa shape index (κ1) is 16.4. The SMILES string of the molecule is COc1cc(N(C)CCN2CCOCC2)c([N+](=O)[O-])cc1F. The second-order valence-corrected chi connectivity index (χ2v) is 5.11. The zero-order chi connectivity index (χ0) is 16.1. The first-order chi connectivity index (χ1) is 10.5. The van der Waals surface area contributed by atoms with Crippen LogP contribution in [0.4, 0.5) is 15.8 Å². The van der Waals surface area contributed by atoms with Crippen molar-refractivity contribution in [3.63, 3.8) is 0 Å². The summed E-state index contributed by atoms with van der Waals surface area (Å²) < 4.78 is 23.9. The lowest BCUT2D eigenvalue weighted by Gasteiger charge is -2.29. The maximum atomic E-state index is 13.7. The largest absolute Gasteiger partial charge is 0.494 e. The number of rotatable bonds is 6. The van der Waals surface area contributed by atoms with Crippen molar-refractivity contribution in [3.05, 3.63) is 28.1 Å². The average Bonchev–Trinajstić information content (AvgIpc) is 2.53. The lowest BCUT2D eigenvalue weighted by Crippen LogP contribution is -2.40. The highest BCUT2D eigenvalue weighted by molar-refractivity contribution is 5.65. The van der Waals surface area contributed by atoms with Crippen LogP contribution in [0.25, 0.3) is 0 Å². The summed E-state index contributed by atoms with van der Waals surface area (Å²) in [5, 5.41) is 11.1. The number of nitro groups is 1. The van der Waals surface area contributed by atoms with Gasteiger partial charge in [0, 0.05) is 39.3 Å². The molecule has 2 rings (SSSR count). The van der Waals surface area contributed by atoms with E-state index in [1.165, 1.54) is 13.2 Å². The van der Waals surface area contributed by atoms with Crippen molar-refractivity contribution < 1.29 is 18.8 Å². The molecule has 0 unspecified atom stereocenters. The van der Waals surface area contributed by atoms with Gasteiger partial charge in [-0.05, 0) is 0 Å². The number of likely N-dealkylation sites (N-methyl/N-ethyl adjacent to an activating group) is 1. The topological polar surface area (TPSA) is 68.1 Å². The normalized spacial score (nSPS) is 15.6. The van der Waals surface area contributed by atoms with Gasteiger partial charge in [-0.3, -0.25) is 15.0 Å². The van der Waals surface area contributed by atoms with Crippen molar-refractivity contribution in [2.75, 3.05) is 58.5 Å². The molecule has 1 saturated heterocycles. The van der Waals surface area contributed by atoms with Crippen molar-refractivity contribution in [2.24, 2.45) is 0 Å². The van der Waals surface area contributed by atoms with E-state index in [0.717, 1.165) is 25.7 Å². The summed E-state index contributed by atoms with van der Waals surface area (Å²) in [6, 6.07) is 2.27. The van der Waals surface area contributed by atoms with Crippen LogP contribution in [0.5, 0.6) is 5.75 Å². The lowest BCUT2D eigenvalue weighted by atomic mass is 10.2. The molecule has 0 bridgehead atoms. The van der Waals surface area contributed by atoms with Crippen molar-refractivity contribution >= 4 is 11.4 Å². The number of nitro benzene ring substituents is 1. The van der Waals surface area contributed by atoms with Crippen molar-refractivity contribution in [1.29, 1.82) is 0 Å². The molecule has 0 spiro atoms. The van der Waals surface area contributed by atoms with Gasteiger partial charge in [0.1, 0.15) is 5.69 Å². The fourth-order valence-electron chi connectivity index (χ4n) is 2.38. The zero-order valence-electron chi connectivity index (χ0n) is 12.7. The van der Waals surface area contributed by atoms with Crippen LogP contribution in [-0.2, 0) is 4.74 Å². The molecule has 1 aliphatic heterocycles. The Kier molecular flexibility index (Phi) is 5.51. The molecule has 0 aromatic heterocycles. The highest BCUT2D eigenvalue weighted by Crippen LogP contribution is 2.33. The molecule has 1 aromatic rings. The van der Waals surface area contributed by atoms with Crippen LogP contribution in [0.15, 0.2) is 12.1 Å². The summed E-state index contributed by atoms with van der Waals surface area (Å²) in [7, 11) is 3.09. The van der Waals surface area contributed by atoms with Gasteiger partial charge in [0.2, 0.25) is 0 Å². The van der Waals surface area contributed by atoms with Crippen LogP contribution in [-0.4, -0.2) is 63.4 Å². The Morgan fingerprint density at radius 3 is 2.73 bits per heavy atom. The quantitative estimate of drug-likeness (QED) is 0.586. The first-order valence-electron chi connectivity index (χ1n) is 7.06. The number of hydrogen-bond donors (Lipinski definition) is 0. The standard InChI is InChI=1S/C14H20FN3O4/c1-16(3-4-17-5-7-22-8-6-17)12-10-14(21-2)11(15)9-13(12)18(19)20/h9-10H,3-8H2,1-2H3. The summed E-state index contributed by atoms with van der Waals surface area (Å²) in [5.41, 5.74) is 0.0827. The Balaban J connectivity index is 2.12. The number of methoxy groups -OCH3 is 1. The van der Waals surface area contributed by atoms with Gasteiger partial charge in [-0.2, -0.15) is 0 Å². The van der Waals surface area contributed by atoms with Crippen LogP contribution in [0, 0.1) is 15.9 Å². The molecular formula is C14H20FN3O4. The Bertz CT molecular complexity index is 535. The van der Waals surface area contributed by atoms with Crippen molar-refractivity contribution in [3.8, 4) is 5.75 Å². The molecule has 0 aliphatic carbocycles. The van der Waals surface area contributed by atoms with E-state index in [1.807, 2.05) is 0 Å². The molecule has 0 saturated carbocycles. The van der Waals surface area contributed by atoms with Crippen molar-refractivity contribution in [1.82, 2.24) is 4.90 Å². The van der Waals surface area contributed by atoms with E-state index in [0.29, 0.717) is 25.4 Å². The molecule has 0 radical (unpaired) electrons. The van der Waals surface area contributed by atoms with Gasteiger partial charge in [-0.1, -0.05) is 0 Å². The molecule has 0 amide bonds. The molecule has 1 aliphatic rings. The van der Waals surface area contributed by atoms with Gasteiger partial charge in [-0.15, -0.1) is 0 Å². The highest BCUT2D eigenvalue weighted by atomic mass is 19.1. The van der Waals surface area contributed by atoms with Gasteiger partial charge >= 0.3 is 0 Å². The molecule has 7 nitrogen and oxygen atoms in total. The van der Waals surface area contributed by atoms with E-state index in [1.54, 1.807) is 11.9 Å². The van der Waals surface area contributed by atoms with Crippen molar-refractivity contribution in [2.45, 2.75) is 0 Å². The third-order valence-corrected chi connectivity index (χ3v) is 3.71. The number of nitrogens with zero attached hydrogens (tertiary/aromatic N) is 3. The fraction of sp³-hybridized carbons (Fsp3) is 0.571. The summed E-state index contributed by atoms with van der Waals surface area (Å²) in [6.07, 6.45) is 0. The van der Waals surface area contributed by atoms with E-state index >= 15 is 0 Å². The van der Waals surface area contributed by atoms with Crippen LogP contribution in [0.2, 0.25) is 0 Å².